The highest BCUT2D eigenvalue weighted by atomic mass is 16.2. The maximum absolute atomic E-state index is 12.7. The van der Waals surface area contributed by atoms with Crippen LogP contribution in [0.4, 0.5) is 10.5 Å². The van der Waals surface area contributed by atoms with Gasteiger partial charge in [0.05, 0.1) is 0 Å². The fraction of sp³-hybridized carbons (Fsp3) is 0.476. The van der Waals surface area contributed by atoms with Gasteiger partial charge < -0.3 is 10.2 Å². The summed E-state index contributed by atoms with van der Waals surface area (Å²) >= 11 is 0. The number of hydrogen-bond donors (Lipinski definition) is 1. The van der Waals surface area contributed by atoms with Crippen molar-refractivity contribution in [3.8, 4) is 0 Å². The van der Waals surface area contributed by atoms with E-state index in [1.165, 1.54) is 4.90 Å². The highest BCUT2D eigenvalue weighted by molar-refractivity contribution is 6.45. The summed E-state index contributed by atoms with van der Waals surface area (Å²) in [5, 5.41) is 2.58. The fourth-order valence-corrected chi connectivity index (χ4v) is 3.93. The molecule has 3 rings (SSSR count). The quantitative estimate of drug-likeness (QED) is 0.583. The van der Waals surface area contributed by atoms with E-state index in [9.17, 15) is 24.0 Å². The second-order valence-corrected chi connectivity index (χ2v) is 8.00. The minimum absolute atomic E-state index is 0.122. The smallest absolute Gasteiger partial charge is 0.334 e. The number of hydrogen-bond acceptors (Lipinski definition) is 5. The molecule has 1 N–H and O–H groups in total. The van der Waals surface area contributed by atoms with E-state index >= 15 is 0 Å². The lowest BCUT2D eigenvalue weighted by Gasteiger charge is -2.34. The normalized spacial score (nSPS) is 21.8. The molecule has 9 nitrogen and oxygen atoms in total. The third-order valence-corrected chi connectivity index (χ3v) is 5.61. The monoisotopic (exact) mass is 414 g/mol. The standard InChI is InChI=1S/C21H26N4O5/c1-13-6-4-5-7-16(13)25-20(29)19(28)24(21(25)30)12-17(26)22-15-10-8-14(9-11-15)18(27)23(2)3/h8-11,13,16H,4-7,12H2,1-3H3,(H,22,26)/t13-,16-/m0/s1. The summed E-state index contributed by atoms with van der Waals surface area (Å²) in [5.41, 5.74) is 0.879. The summed E-state index contributed by atoms with van der Waals surface area (Å²) in [4.78, 5) is 64.9. The summed E-state index contributed by atoms with van der Waals surface area (Å²) in [5.74, 6) is -2.49. The Bertz CT molecular complexity index is 880. The summed E-state index contributed by atoms with van der Waals surface area (Å²) in [7, 11) is 3.28. The average molecular weight is 414 g/mol. The molecule has 160 valence electrons. The van der Waals surface area contributed by atoms with Crippen molar-refractivity contribution < 1.29 is 24.0 Å². The number of urea groups is 1. The maximum atomic E-state index is 12.7. The minimum atomic E-state index is -0.972. The Labute approximate surface area is 175 Å². The topological polar surface area (TPSA) is 107 Å². The number of rotatable bonds is 5. The molecule has 1 aliphatic carbocycles. The van der Waals surface area contributed by atoms with Gasteiger partial charge >= 0.3 is 17.8 Å². The summed E-state index contributed by atoms with van der Waals surface area (Å²) in [6, 6.07) is 5.22. The highest BCUT2D eigenvalue weighted by Gasteiger charge is 2.49. The summed E-state index contributed by atoms with van der Waals surface area (Å²) in [6.07, 6.45) is 3.49. The Balaban J connectivity index is 1.65. The van der Waals surface area contributed by atoms with Crippen LogP contribution in [0.1, 0.15) is 43.0 Å². The largest absolute Gasteiger partial charge is 0.345 e. The van der Waals surface area contributed by atoms with Crippen LogP contribution >= 0.6 is 0 Å². The Morgan fingerprint density at radius 3 is 2.27 bits per heavy atom. The van der Waals surface area contributed by atoms with E-state index in [2.05, 4.69) is 5.32 Å². The maximum Gasteiger partial charge on any atom is 0.334 e. The zero-order chi connectivity index (χ0) is 22.0. The fourth-order valence-electron chi connectivity index (χ4n) is 3.93. The first-order chi connectivity index (χ1) is 14.2. The molecule has 1 saturated heterocycles. The molecule has 9 heteroatoms. The molecule has 1 aromatic rings. The van der Waals surface area contributed by atoms with Gasteiger partial charge in [0.25, 0.3) is 5.91 Å². The lowest BCUT2D eigenvalue weighted by molar-refractivity contribution is -0.145. The molecule has 0 aromatic heterocycles. The van der Waals surface area contributed by atoms with E-state index in [1.54, 1.807) is 38.4 Å². The van der Waals surface area contributed by atoms with E-state index in [1.807, 2.05) is 6.92 Å². The van der Waals surface area contributed by atoms with Gasteiger partial charge in [-0.2, -0.15) is 0 Å². The number of carbonyl (C=O) groups excluding carboxylic acids is 5. The third-order valence-electron chi connectivity index (χ3n) is 5.61. The number of nitrogens with one attached hydrogen (secondary N) is 1. The summed E-state index contributed by atoms with van der Waals surface area (Å²) in [6.45, 7) is 1.42. The molecule has 0 bridgehead atoms. The molecule has 2 atom stereocenters. The van der Waals surface area contributed by atoms with Crippen LogP contribution in [0.15, 0.2) is 24.3 Å². The summed E-state index contributed by atoms with van der Waals surface area (Å²) < 4.78 is 0. The lowest BCUT2D eigenvalue weighted by atomic mass is 9.85. The number of imide groups is 2. The van der Waals surface area contributed by atoms with Crippen molar-refractivity contribution in [1.29, 1.82) is 0 Å². The van der Waals surface area contributed by atoms with Gasteiger partial charge in [0.15, 0.2) is 0 Å². The Kier molecular flexibility index (Phi) is 6.19. The van der Waals surface area contributed by atoms with E-state index in [0.29, 0.717) is 22.6 Å². The second-order valence-electron chi connectivity index (χ2n) is 8.00. The first kappa shape index (κ1) is 21.5. The van der Waals surface area contributed by atoms with E-state index in [4.69, 9.17) is 0 Å². The minimum Gasteiger partial charge on any atom is -0.345 e. The molecule has 0 unspecified atom stereocenters. The Morgan fingerprint density at radius 1 is 1.03 bits per heavy atom. The Hall–Kier alpha value is -3.23. The van der Waals surface area contributed by atoms with Gasteiger partial charge in [0, 0.05) is 31.4 Å². The molecular formula is C21H26N4O5. The van der Waals surface area contributed by atoms with Gasteiger partial charge in [-0.25, -0.2) is 9.69 Å². The van der Waals surface area contributed by atoms with Gasteiger partial charge in [-0.15, -0.1) is 0 Å². The third kappa shape index (κ3) is 4.19. The number of amides is 6. The zero-order valence-corrected chi connectivity index (χ0v) is 17.4. The van der Waals surface area contributed by atoms with Crippen LogP contribution in [0.2, 0.25) is 0 Å². The van der Waals surface area contributed by atoms with Crippen molar-refractivity contribution in [2.75, 3.05) is 26.0 Å². The van der Waals surface area contributed by atoms with Crippen molar-refractivity contribution in [3.63, 3.8) is 0 Å². The van der Waals surface area contributed by atoms with Gasteiger partial charge in [-0.3, -0.25) is 24.1 Å². The van der Waals surface area contributed by atoms with Crippen molar-refractivity contribution in [1.82, 2.24) is 14.7 Å². The van der Waals surface area contributed by atoms with Crippen LogP contribution in [-0.2, 0) is 14.4 Å². The van der Waals surface area contributed by atoms with Crippen molar-refractivity contribution in [2.24, 2.45) is 5.92 Å². The van der Waals surface area contributed by atoms with E-state index < -0.39 is 30.3 Å². The van der Waals surface area contributed by atoms with Crippen LogP contribution < -0.4 is 5.32 Å². The van der Waals surface area contributed by atoms with Gasteiger partial charge in [-0.05, 0) is 43.0 Å². The van der Waals surface area contributed by atoms with Crippen LogP contribution in [-0.4, -0.2) is 71.0 Å². The number of benzene rings is 1. The first-order valence-electron chi connectivity index (χ1n) is 10.0. The molecular weight excluding hydrogens is 388 g/mol. The number of carbonyl (C=O) groups is 5. The van der Waals surface area contributed by atoms with Crippen LogP contribution in [0.3, 0.4) is 0 Å². The predicted octanol–water partition coefficient (Wildman–Crippen LogP) is 1.70. The predicted molar refractivity (Wildman–Crippen MR) is 108 cm³/mol. The molecule has 2 aliphatic rings. The van der Waals surface area contributed by atoms with Gasteiger partial charge in [0.2, 0.25) is 5.91 Å². The molecule has 1 heterocycles. The van der Waals surface area contributed by atoms with Crippen LogP contribution in [0, 0.1) is 5.92 Å². The molecule has 6 amide bonds. The molecule has 0 radical (unpaired) electrons. The zero-order valence-electron chi connectivity index (χ0n) is 17.4. The number of nitrogens with zero attached hydrogens (tertiary/aromatic N) is 3. The van der Waals surface area contributed by atoms with E-state index in [-0.39, 0.29) is 17.9 Å². The highest BCUT2D eigenvalue weighted by Crippen LogP contribution is 2.31. The molecule has 1 saturated carbocycles. The van der Waals surface area contributed by atoms with E-state index in [0.717, 1.165) is 24.2 Å². The van der Waals surface area contributed by atoms with Gasteiger partial charge in [-0.1, -0.05) is 19.8 Å². The van der Waals surface area contributed by atoms with Crippen LogP contribution in [0.25, 0.3) is 0 Å². The first-order valence-corrected chi connectivity index (χ1v) is 10.0. The van der Waals surface area contributed by atoms with Crippen LogP contribution in [0.5, 0.6) is 0 Å². The molecule has 30 heavy (non-hydrogen) atoms. The molecule has 1 aliphatic heterocycles. The average Bonchev–Trinajstić information content (AvgIpc) is 2.92. The second kappa shape index (κ2) is 8.64. The molecule has 0 spiro atoms. The Morgan fingerprint density at radius 2 is 1.67 bits per heavy atom. The lowest BCUT2D eigenvalue weighted by Crippen LogP contribution is -2.46. The number of anilines is 1. The van der Waals surface area contributed by atoms with Crippen molar-refractivity contribution >= 4 is 35.3 Å². The van der Waals surface area contributed by atoms with Gasteiger partial charge in [0.1, 0.15) is 6.54 Å². The van der Waals surface area contributed by atoms with Crippen molar-refractivity contribution in [3.05, 3.63) is 29.8 Å². The molecule has 2 fully saturated rings. The molecule has 1 aromatic carbocycles. The SMILES string of the molecule is C[C@H]1CCCC[C@@H]1N1C(=O)C(=O)N(CC(=O)Nc2ccc(C(=O)N(C)C)cc2)C1=O. The van der Waals surface area contributed by atoms with Crippen molar-refractivity contribution in [2.45, 2.75) is 38.6 Å².